The van der Waals surface area contributed by atoms with E-state index in [0.29, 0.717) is 23.4 Å². The lowest BCUT2D eigenvalue weighted by Gasteiger charge is -2.11. The monoisotopic (exact) mass is 356 g/mol. The molecule has 9 heteroatoms. The Bertz CT molecular complexity index is 805. The van der Waals surface area contributed by atoms with Crippen LogP contribution in [0.4, 0.5) is 27.9 Å². The van der Waals surface area contributed by atoms with E-state index in [1.807, 2.05) is 0 Å². The lowest BCUT2D eigenvalue weighted by molar-refractivity contribution is 0.100. The second-order valence-corrected chi connectivity index (χ2v) is 5.96. The van der Waals surface area contributed by atoms with E-state index < -0.39 is 12.0 Å². The number of ether oxygens (including phenoxy) is 1. The van der Waals surface area contributed by atoms with Gasteiger partial charge in [-0.05, 0) is 43.0 Å². The predicted octanol–water partition coefficient (Wildman–Crippen LogP) is 2.32. The van der Waals surface area contributed by atoms with Crippen LogP contribution in [0, 0.1) is 5.92 Å². The van der Waals surface area contributed by atoms with Gasteiger partial charge in [-0.3, -0.25) is 10.1 Å². The van der Waals surface area contributed by atoms with Crippen molar-refractivity contribution in [2.45, 2.75) is 12.8 Å². The van der Waals surface area contributed by atoms with Gasteiger partial charge in [0.15, 0.2) is 0 Å². The van der Waals surface area contributed by atoms with Gasteiger partial charge >= 0.3 is 6.09 Å². The van der Waals surface area contributed by atoms with Crippen molar-refractivity contribution in [1.29, 1.82) is 0 Å². The minimum atomic E-state index is -0.576. The molecule has 2 aromatic rings. The molecule has 1 aromatic carbocycles. The smallest absolute Gasteiger partial charge is 0.411 e. The number of hydrogen-bond donors (Lipinski definition) is 4. The molecule has 2 amide bonds. The van der Waals surface area contributed by atoms with Crippen molar-refractivity contribution in [2.75, 3.05) is 29.6 Å². The van der Waals surface area contributed by atoms with Crippen LogP contribution in [0.2, 0.25) is 0 Å². The molecule has 1 aliphatic rings. The summed E-state index contributed by atoms with van der Waals surface area (Å²) < 4.78 is 4.54. The topological polar surface area (TPSA) is 131 Å². The van der Waals surface area contributed by atoms with Gasteiger partial charge in [-0.25, -0.2) is 9.78 Å². The van der Waals surface area contributed by atoms with Gasteiger partial charge in [0.2, 0.25) is 5.95 Å². The summed E-state index contributed by atoms with van der Waals surface area (Å²) in [7, 11) is 1.30. The second kappa shape index (κ2) is 7.68. The van der Waals surface area contributed by atoms with Crippen LogP contribution < -0.4 is 21.7 Å². The number of amides is 2. The molecule has 136 valence electrons. The van der Waals surface area contributed by atoms with E-state index >= 15 is 0 Å². The van der Waals surface area contributed by atoms with E-state index in [2.05, 4.69) is 30.7 Å². The fraction of sp³-hybridized carbons (Fsp3) is 0.294. The molecule has 1 heterocycles. The molecule has 0 bridgehead atoms. The summed E-state index contributed by atoms with van der Waals surface area (Å²) in [6.07, 6.45) is 3.23. The lowest BCUT2D eigenvalue weighted by atomic mass is 10.2. The first-order valence-electron chi connectivity index (χ1n) is 8.18. The summed E-state index contributed by atoms with van der Waals surface area (Å²) in [6.45, 7) is 0.755. The van der Waals surface area contributed by atoms with E-state index in [4.69, 9.17) is 5.73 Å². The number of hydrogen-bond acceptors (Lipinski definition) is 7. The molecule has 0 spiro atoms. The number of rotatable bonds is 7. The Morgan fingerprint density at radius 3 is 2.54 bits per heavy atom. The molecule has 1 aliphatic carbocycles. The zero-order valence-corrected chi connectivity index (χ0v) is 14.3. The van der Waals surface area contributed by atoms with Gasteiger partial charge in [-0.2, -0.15) is 4.98 Å². The third-order valence-electron chi connectivity index (χ3n) is 3.88. The van der Waals surface area contributed by atoms with E-state index in [0.717, 1.165) is 12.2 Å². The normalized spacial score (nSPS) is 13.0. The van der Waals surface area contributed by atoms with Crippen molar-refractivity contribution in [1.82, 2.24) is 9.97 Å². The van der Waals surface area contributed by atoms with E-state index in [1.165, 1.54) is 26.1 Å². The summed E-state index contributed by atoms with van der Waals surface area (Å²) in [5.41, 5.74) is 6.96. The molecule has 1 fully saturated rings. The van der Waals surface area contributed by atoms with Gasteiger partial charge in [0.25, 0.3) is 5.91 Å². The van der Waals surface area contributed by atoms with Crippen molar-refractivity contribution in [3.63, 3.8) is 0 Å². The Labute approximate surface area is 150 Å². The molecule has 26 heavy (non-hydrogen) atoms. The van der Waals surface area contributed by atoms with Crippen LogP contribution in [0.25, 0.3) is 0 Å². The molecule has 3 rings (SSSR count). The summed E-state index contributed by atoms with van der Waals surface area (Å²) in [5, 5.41) is 8.78. The Morgan fingerprint density at radius 2 is 1.92 bits per heavy atom. The molecule has 0 saturated heterocycles. The van der Waals surface area contributed by atoms with E-state index in [1.54, 1.807) is 24.3 Å². The lowest BCUT2D eigenvalue weighted by Crippen LogP contribution is -2.18. The van der Waals surface area contributed by atoms with Gasteiger partial charge in [0.1, 0.15) is 5.82 Å². The van der Waals surface area contributed by atoms with Gasteiger partial charge in [-0.1, -0.05) is 0 Å². The maximum absolute atomic E-state index is 11.5. The highest BCUT2D eigenvalue weighted by Gasteiger charge is 2.22. The minimum Gasteiger partial charge on any atom is -0.453 e. The number of nitrogens with one attached hydrogen (secondary N) is 3. The Morgan fingerprint density at radius 1 is 1.23 bits per heavy atom. The maximum atomic E-state index is 11.5. The van der Waals surface area contributed by atoms with Crippen molar-refractivity contribution in [3.05, 3.63) is 36.0 Å². The predicted molar refractivity (Wildman–Crippen MR) is 97.5 cm³/mol. The van der Waals surface area contributed by atoms with Gasteiger partial charge in [0, 0.05) is 24.1 Å². The Hall–Kier alpha value is -3.36. The number of benzene rings is 1. The standard InChI is InChI=1S/C17H20N6O3/c1-26-17(25)22-12-6-4-11(5-7-12)21-16-20-9-13(14(18)24)15(23-16)19-8-10-2-3-10/h4-7,9-10H,2-3,8H2,1H3,(H2,18,24)(H,22,25)(H2,19,20,21,23). The minimum absolute atomic E-state index is 0.258. The largest absolute Gasteiger partial charge is 0.453 e. The number of nitrogens with zero attached hydrogens (tertiary/aromatic N) is 2. The summed E-state index contributed by atoms with van der Waals surface area (Å²) in [5.74, 6) is 0.804. The first kappa shape index (κ1) is 17.5. The third kappa shape index (κ3) is 4.59. The number of methoxy groups -OCH3 is 1. The number of carbonyl (C=O) groups excluding carboxylic acids is 2. The summed E-state index contributed by atoms with van der Waals surface area (Å²) in [4.78, 5) is 31.2. The highest BCUT2D eigenvalue weighted by Crippen LogP contribution is 2.29. The van der Waals surface area contributed by atoms with Crippen molar-refractivity contribution >= 4 is 35.1 Å². The van der Waals surface area contributed by atoms with Crippen LogP contribution in [0.15, 0.2) is 30.5 Å². The fourth-order valence-corrected chi connectivity index (χ4v) is 2.25. The van der Waals surface area contributed by atoms with Crippen molar-refractivity contribution < 1.29 is 14.3 Å². The molecule has 1 saturated carbocycles. The number of primary amides is 1. The number of nitrogens with two attached hydrogens (primary N) is 1. The Kier molecular flexibility index (Phi) is 5.16. The van der Waals surface area contributed by atoms with Crippen LogP contribution in [0.5, 0.6) is 0 Å². The number of anilines is 4. The van der Waals surface area contributed by atoms with Crippen LogP contribution >= 0.6 is 0 Å². The zero-order valence-electron chi connectivity index (χ0n) is 14.3. The highest BCUT2D eigenvalue weighted by molar-refractivity contribution is 5.97. The van der Waals surface area contributed by atoms with Crippen LogP contribution in [-0.2, 0) is 4.74 Å². The first-order valence-corrected chi connectivity index (χ1v) is 8.18. The number of carbonyl (C=O) groups is 2. The first-order chi connectivity index (χ1) is 12.5. The quantitative estimate of drug-likeness (QED) is 0.598. The number of aromatic nitrogens is 2. The molecule has 9 nitrogen and oxygen atoms in total. The third-order valence-corrected chi connectivity index (χ3v) is 3.88. The van der Waals surface area contributed by atoms with Gasteiger partial charge < -0.3 is 21.1 Å². The van der Waals surface area contributed by atoms with E-state index in [-0.39, 0.29) is 5.56 Å². The molecular formula is C17H20N6O3. The van der Waals surface area contributed by atoms with Crippen molar-refractivity contribution in [2.24, 2.45) is 11.7 Å². The average Bonchev–Trinajstić information content (AvgIpc) is 3.46. The van der Waals surface area contributed by atoms with Gasteiger partial charge in [-0.15, -0.1) is 0 Å². The fourth-order valence-electron chi connectivity index (χ4n) is 2.25. The molecular weight excluding hydrogens is 336 g/mol. The molecule has 5 N–H and O–H groups in total. The van der Waals surface area contributed by atoms with Crippen molar-refractivity contribution in [3.8, 4) is 0 Å². The molecule has 1 aromatic heterocycles. The van der Waals surface area contributed by atoms with Crippen LogP contribution in [-0.4, -0.2) is 35.6 Å². The molecule has 0 unspecified atom stereocenters. The second-order valence-electron chi connectivity index (χ2n) is 5.96. The highest BCUT2D eigenvalue weighted by atomic mass is 16.5. The zero-order chi connectivity index (χ0) is 18.5. The van der Waals surface area contributed by atoms with Crippen LogP contribution in [0.3, 0.4) is 0 Å². The SMILES string of the molecule is COC(=O)Nc1ccc(Nc2ncc(C(N)=O)c(NCC3CC3)n2)cc1. The Balaban J connectivity index is 1.71. The van der Waals surface area contributed by atoms with Gasteiger partial charge in [0.05, 0.1) is 12.7 Å². The molecule has 0 aliphatic heterocycles. The maximum Gasteiger partial charge on any atom is 0.411 e. The molecule has 0 atom stereocenters. The average molecular weight is 356 g/mol. The van der Waals surface area contributed by atoms with E-state index in [9.17, 15) is 9.59 Å². The summed E-state index contributed by atoms with van der Waals surface area (Å²) in [6, 6.07) is 6.94. The molecule has 0 radical (unpaired) electrons. The summed E-state index contributed by atoms with van der Waals surface area (Å²) >= 11 is 0. The van der Waals surface area contributed by atoms with Crippen LogP contribution in [0.1, 0.15) is 23.2 Å².